The molecule has 0 unspecified atom stereocenters. The summed E-state index contributed by atoms with van der Waals surface area (Å²) in [6.07, 6.45) is 1.30. The van der Waals surface area contributed by atoms with Gasteiger partial charge in [-0.05, 0) is 29.8 Å². The number of amides is 2. The number of carbonyl (C=O) groups excluding carboxylic acids is 2. The van der Waals surface area contributed by atoms with Crippen LogP contribution < -0.4 is 10.6 Å². The molecule has 0 bridgehead atoms. The second kappa shape index (κ2) is 9.79. The van der Waals surface area contributed by atoms with Crippen molar-refractivity contribution in [2.45, 2.75) is 6.54 Å². The first-order chi connectivity index (χ1) is 14.5. The van der Waals surface area contributed by atoms with E-state index < -0.39 is 16.7 Å². The van der Waals surface area contributed by atoms with Crippen molar-refractivity contribution in [3.05, 3.63) is 117 Å². The quantitative estimate of drug-likeness (QED) is 0.358. The van der Waals surface area contributed by atoms with Crippen LogP contribution in [0, 0.1) is 10.1 Å². The summed E-state index contributed by atoms with van der Waals surface area (Å²) in [5.41, 5.74) is 1.20. The molecule has 0 heterocycles. The molecule has 7 heteroatoms. The van der Waals surface area contributed by atoms with E-state index in [2.05, 4.69) is 10.6 Å². The fourth-order valence-corrected chi connectivity index (χ4v) is 2.75. The number of hydrogen-bond donors (Lipinski definition) is 2. The highest BCUT2D eigenvalue weighted by molar-refractivity contribution is 6.05. The van der Waals surface area contributed by atoms with Gasteiger partial charge in [0.2, 0.25) is 0 Å². The average Bonchev–Trinajstić information content (AvgIpc) is 2.78. The van der Waals surface area contributed by atoms with E-state index in [-0.39, 0.29) is 23.5 Å². The van der Waals surface area contributed by atoms with Crippen LogP contribution in [0.5, 0.6) is 0 Å². The lowest BCUT2D eigenvalue weighted by Gasteiger charge is -2.11. The number of para-hydroxylation sites is 1. The number of hydrogen-bond acceptors (Lipinski definition) is 4. The Balaban J connectivity index is 1.89. The summed E-state index contributed by atoms with van der Waals surface area (Å²) in [6.45, 7) is 0.245. The number of nitrogens with one attached hydrogen (secondary N) is 2. The molecule has 3 rings (SSSR count). The zero-order valence-corrected chi connectivity index (χ0v) is 15.9. The molecule has 30 heavy (non-hydrogen) atoms. The molecule has 2 N–H and O–H groups in total. The van der Waals surface area contributed by atoms with Crippen molar-refractivity contribution < 1.29 is 14.5 Å². The molecule has 0 aliphatic carbocycles. The first kappa shape index (κ1) is 20.5. The Hall–Kier alpha value is -4.26. The lowest BCUT2D eigenvalue weighted by atomic mass is 10.1. The average molecular weight is 401 g/mol. The maximum atomic E-state index is 12.8. The second-order valence-corrected chi connectivity index (χ2v) is 6.36. The molecule has 2 amide bonds. The molecule has 3 aromatic rings. The highest BCUT2D eigenvalue weighted by atomic mass is 16.6. The fraction of sp³-hybridized carbons (Fsp3) is 0.0435. The van der Waals surface area contributed by atoms with E-state index in [1.165, 1.54) is 24.3 Å². The van der Waals surface area contributed by atoms with Gasteiger partial charge in [0.25, 0.3) is 17.5 Å². The van der Waals surface area contributed by atoms with Crippen LogP contribution in [-0.2, 0) is 11.3 Å². The Kier molecular flexibility index (Phi) is 6.68. The molecule has 0 fully saturated rings. The number of nitrogens with zero attached hydrogens (tertiary/aromatic N) is 1. The third kappa shape index (κ3) is 5.39. The van der Waals surface area contributed by atoms with E-state index in [1.807, 2.05) is 30.3 Å². The molecule has 0 atom stereocenters. The van der Waals surface area contributed by atoms with Crippen molar-refractivity contribution in [1.29, 1.82) is 0 Å². The van der Waals surface area contributed by atoms with Crippen LogP contribution in [0.1, 0.15) is 21.5 Å². The van der Waals surface area contributed by atoms with E-state index in [0.29, 0.717) is 5.56 Å². The van der Waals surface area contributed by atoms with Gasteiger partial charge in [0.05, 0.1) is 10.5 Å². The summed E-state index contributed by atoms with van der Waals surface area (Å²) >= 11 is 0. The van der Waals surface area contributed by atoms with Crippen LogP contribution in [-0.4, -0.2) is 16.7 Å². The van der Waals surface area contributed by atoms with Gasteiger partial charge in [-0.15, -0.1) is 0 Å². The molecule has 0 saturated heterocycles. The number of nitro groups is 1. The predicted molar refractivity (Wildman–Crippen MR) is 113 cm³/mol. The highest BCUT2D eigenvalue weighted by Gasteiger charge is 2.17. The standard InChI is InChI=1S/C23H19N3O4/c27-22(18-11-5-2-6-12-18)25-20(15-19-13-7-8-14-21(19)26(29)30)23(28)24-16-17-9-3-1-4-10-17/h1-15H,16H2,(H,24,28)(H,25,27)/b20-15+. The van der Waals surface area contributed by atoms with Crippen molar-refractivity contribution in [1.82, 2.24) is 10.6 Å². The Morgan fingerprint density at radius 2 is 1.47 bits per heavy atom. The molecule has 0 aliphatic rings. The summed E-state index contributed by atoms with van der Waals surface area (Å²) in [5, 5.41) is 16.6. The Labute approximate surface area is 173 Å². The van der Waals surface area contributed by atoms with Crippen molar-refractivity contribution in [3.8, 4) is 0 Å². The Morgan fingerprint density at radius 3 is 2.13 bits per heavy atom. The molecular weight excluding hydrogens is 382 g/mol. The smallest absolute Gasteiger partial charge is 0.276 e. The van der Waals surface area contributed by atoms with Gasteiger partial charge < -0.3 is 10.6 Å². The number of rotatable bonds is 7. The van der Waals surface area contributed by atoms with Gasteiger partial charge >= 0.3 is 0 Å². The van der Waals surface area contributed by atoms with E-state index >= 15 is 0 Å². The normalized spacial score (nSPS) is 10.9. The minimum atomic E-state index is -0.554. The molecule has 0 aliphatic heterocycles. The van der Waals surface area contributed by atoms with Gasteiger partial charge in [-0.2, -0.15) is 0 Å². The van der Waals surface area contributed by atoms with Gasteiger partial charge in [-0.1, -0.05) is 60.7 Å². The first-order valence-electron chi connectivity index (χ1n) is 9.18. The van der Waals surface area contributed by atoms with E-state index in [1.54, 1.807) is 36.4 Å². The fourth-order valence-electron chi connectivity index (χ4n) is 2.75. The SMILES string of the molecule is O=C(NCc1ccccc1)/C(=C\c1ccccc1[N+](=O)[O-])NC(=O)c1ccccc1. The number of benzene rings is 3. The van der Waals surface area contributed by atoms with Crippen molar-refractivity contribution in [3.63, 3.8) is 0 Å². The van der Waals surface area contributed by atoms with Gasteiger partial charge in [-0.3, -0.25) is 19.7 Å². The van der Waals surface area contributed by atoms with Gasteiger partial charge in [-0.25, -0.2) is 0 Å². The maximum absolute atomic E-state index is 12.8. The molecule has 0 spiro atoms. The summed E-state index contributed by atoms with van der Waals surface area (Å²) in [4.78, 5) is 36.2. The molecule has 0 aromatic heterocycles. The van der Waals surface area contributed by atoms with Gasteiger partial charge in [0.15, 0.2) is 0 Å². The lowest BCUT2D eigenvalue weighted by Crippen LogP contribution is -2.34. The van der Waals surface area contributed by atoms with Gasteiger partial charge in [0.1, 0.15) is 5.70 Å². The van der Waals surface area contributed by atoms with Crippen LogP contribution in [0.25, 0.3) is 6.08 Å². The van der Waals surface area contributed by atoms with Gasteiger partial charge in [0, 0.05) is 18.2 Å². The minimum Gasteiger partial charge on any atom is -0.347 e. The van der Waals surface area contributed by atoms with Crippen LogP contribution in [0.2, 0.25) is 0 Å². The Bertz CT molecular complexity index is 1080. The van der Waals surface area contributed by atoms with Crippen LogP contribution >= 0.6 is 0 Å². The van der Waals surface area contributed by atoms with Crippen molar-refractivity contribution in [2.75, 3.05) is 0 Å². The Morgan fingerprint density at radius 1 is 0.867 bits per heavy atom. The summed E-state index contributed by atoms with van der Waals surface area (Å²) in [7, 11) is 0. The minimum absolute atomic E-state index is 0.0888. The zero-order valence-electron chi connectivity index (χ0n) is 15.9. The van der Waals surface area contributed by atoms with Crippen LogP contribution in [0.4, 0.5) is 5.69 Å². The molecule has 0 radical (unpaired) electrons. The van der Waals surface area contributed by atoms with Crippen LogP contribution in [0.3, 0.4) is 0 Å². The molecular formula is C23H19N3O4. The van der Waals surface area contributed by atoms with E-state index in [0.717, 1.165) is 5.56 Å². The van der Waals surface area contributed by atoms with E-state index in [9.17, 15) is 19.7 Å². The van der Waals surface area contributed by atoms with Crippen LogP contribution in [0.15, 0.2) is 90.6 Å². The first-order valence-corrected chi connectivity index (χ1v) is 9.18. The summed E-state index contributed by atoms with van der Waals surface area (Å²) in [5.74, 6) is -1.04. The predicted octanol–water partition coefficient (Wildman–Crippen LogP) is 3.68. The second-order valence-electron chi connectivity index (χ2n) is 6.36. The third-order valence-electron chi connectivity index (χ3n) is 4.26. The molecule has 3 aromatic carbocycles. The number of carbonyl (C=O) groups is 2. The highest BCUT2D eigenvalue weighted by Crippen LogP contribution is 2.20. The van der Waals surface area contributed by atoms with Crippen molar-refractivity contribution >= 4 is 23.6 Å². The topological polar surface area (TPSA) is 101 Å². The maximum Gasteiger partial charge on any atom is 0.276 e. The molecule has 7 nitrogen and oxygen atoms in total. The van der Waals surface area contributed by atoms with Crippen molar-refractivity contribution in [2.24, 2.45) is 0 Å². The summed E-state index contributed by atoms with van der Waals surface area (Å²) < 4.78 is 0. The zero-order chi connectivity index (χ0) is 21.3. The van der Waals surface area contributed by atoms with E-state index in [4.69, 9.17) is 0 Å². The summed E-state index contributed by atoms with van der Waals surface area (Å²) in [6, 6.07) is 23.7. The monoisotopic (exact) mass is 401 g/mol. The number of nitro benzene ring substituents is 1. The molecule has 0 saturated carbocycles. The largest absolute Gasteiger partial charge is 0.347 e. The lowest BCUT2D eigenvalue weighted by molar-refractivity contribution is -0.385. The third-order valence-corrected chi connectivity index (χ3v) is 4.26. The molecule has 150 valence electrons.